The van der Waals surface area contributed by atoms with Crippen LogP contribution in [0.15, 0.2) is 104 Å². The van der Waals surface area contributed by atoms with Crippen LogP contribution in [0.25, 0.3) is 27.9 Å². The minimum absolute atomic E-state index is 0.518. The molecule has 1 amide bonds. The molecule has 0 saturated heterocycles. The number of nitrogens with one attached hydrogen (secondary N) is 4. The Morgan fingerprint density at radius 3 is 2.19 bits per heavy atom. The molecule has 42 heavy (non-hydrogen) atoms. The van der Waals surface area contributed by atoms with Crippen molar-refractivity contribution in [3.05, 3.63) is 126 Å². The molecular weight excluding hydrogens is 526 g/mol. The van der Waals surface area contributed by atoms with Gasteiger partial charge >= 0.3 is 0 Å². The number of H-pyrrole nitrogens is 2. The maximum Gasteiger partial charge on any atom is 0.267 e. The SMILES string of the molecule is C=C(NCCc1c[nH]c2ccccc12)OCCN(CCc1c[nH]c2ccccc12)Cc1ccc(/C=C/C(=O)NO)cc1. The fourth-order valence-corrected chi connectivity index (χ4v) is 5.11. The summed E-state index contributed by atoms with van der Waals surface area (Å²) in [6.07, 6.45) is 8.90. The van der Waals surface area contributed by atoms with Crippen LogP contribution in [0, 0.1) is 0 Å². The lowest BCUT2D eigenvalue weighted by Gasteiger charge is -2.23. The number of carbonyl (C=O) groups excluding carboxylic acids is 1. The standard InChI is InChI=1S/C34H37N5O3/c1-25(35-18-16-28-22-36-32-8-4-2-6-30(28)32)42-21-20-39(19-17-29-23-37-33-9-5-3-7-31(29)33)24-27-12-10-26(11-13-27)14-15-34(40)38-41/h2-15,22-23,35-37,41H,1,16-21,24H2,(H,38,40)/b15-14+. The molecule has 0 bridgehead atoms. The van der Waals surface area contributed by atoms with Gasteiger partial charge in [-0.05, 0) is 59.9 Å². The number of hydrogen-bond acceptors (Lipinski definition) is 5. The van der Waals surface area contributed by atoms with Crippen molar-refractivity contribution in [2.75, 3.05) is 26.2 Å². The number of hydrogen-bond donors (Lipinski definition) is 5. The van der Waals surface area contributed by atoms with E-state index < -0.39 is 5.91 Å². The number of carbonyl (C=O) groups is 1. The van der Waals surface area contributed by atoms with Crippen molar-refractivity contribution in [3.63, 3.8) is 0 Å². The lowest BCUT2D eigenvalue weighted by atomic mass is 10.1. The van der Waals surface area contributed by atoms with E-state index in [1.807, 2.05) is 24.3 Å². The van der Waals surface area contributed by atoms with E-state index in [4.69, 9.17) is 9.94 Å². The Morgan fingerprint density at radius 1 is 0.881 bits per heavy atom. The lowest BCUT2D eigenvalue weighted by molar-refractivity contribution is -0.124. The molecule has 8 nitrogen and oxygen atoms in total. The molecule has 0 radical (unpaired) electrons. The third-order valence-corrected chi connectivity index (χ3v) is 7.37. The molecule has 2 heterocycles. The van der Waals surface area contributed by atoms with Gasteiger partial charge in [0.25, 0.3) is 5.91 Å². The van der Waals surface area contributed by atoms with Crippen LogP contribution in [0.1, 0.15) is 22.3 Å². The van der Waals surface area contributed by atoms with Gasteiger partial charge in [-0.3, -0.25) is 14.9 Å². The fourth-order valence-electron chi connectivity index (χ4n) is 5.11. The number of rotatable bonds is 15. The van der Waals surface area contributed by atoms with E-state index in [0.29, 0.717) is 12.5 Å². The molecule has 0 fully saturated rings. The summed E-state index contributed by atoms with van der Waals surface area (Å²) >= 11 is 0. The maximum atomic E-state index is 11.3. The highest BCUT2D eigenvalue weighted by Crippen LogP contribution is 2.20. The molecular formula is C34H37N5O3. The summed E-state index contributed by atoms with van der Waals surface area (Å²) in [6, 6.07) is 24.7. The first kappa shape index (κ1) is 28.7. The van der Waals surface area contributed by atoms with Gasteiger partial charge in [0.15, 0.2) is 5.88 Å². The molecule has 5 aromatic rings. The number of para-hydroxylation sites is 2. The summed E-state index contributed by atoms with van der Waals surface area (Å²) in [5, 5.41) is 14.5. The molecule has 216 valence electrons. The van der Waals surface area contributed by atoms with Crippen molar-refractivity contribution in [1.29, 1.82) is 0 Å². The predicted octanol–water partition coefficient (Wildman–Crippen LogP) is 5.53. The Balaban J connectivity index is 1.15. The largest absolute Gasteiger partial charge is 0.478 e. The zero-order valence-corrected chi connectivity index (χ0v) is 23.6. The Bertz CT molecular complexity index is 1650. The molecule has 2 aromatic heterocycles. The minimum atomic E-state index is -0.559. The second kappa shape index (κ2) is 14.2. The average Bonchev–Trinajstić information content (AvgIpc) is 3.63. The zero-order chi connectivity index (χ0) is 29.1. The number of aromatic nitrogens is 2. The first-order chi connectivity index (χ1) is 20.6. The lowest BCUT2D eigenvalue weighted by Crippen LogP contribution is -2.30. The first-order valence-electron chi connectivity index (χ1n) is 14.2. The number of nitrogens with zero attached hydrogens (tertiary/aromatic N) is 1. The van der Waals surface area contributed by atoms with E-state index in [-0.39, 0.29) is 0 Å². The van der Waals surface area contributed by atoms with Gasteiger partial charge < -0.3 is 20.0 Å². The highest BCUT2D eigenvalue weighted by atomic mass is 16.5. The molecule has 0 unspecified atom stereocenters. The van der Waals surface area contributed by atoms with Crippen LogP contribution in [-0.2, 0) is 28.9 Å². The van der Waals surface area contributed by atoms with Gasteiger partial charge in [-0.25, -0.2) is 5.48 Å². The molecule has 3 aromatic carbocycles. The summed E-state index contributed by atoms with van der Waals surface area (Å²) in [5.74, 6) is 0.0195. The predicted molar refractivity (Wildman–Crippen MR) is 168 cm³/mol. The molecule has 0 aliphatic rings. The number of hydroxylamine groups is 1. The highest BCUT2D eigenvalue weighted by Gasteiger charge is 2.10. The van der Waals surface area contributed by atoms with Gasteiger partial charge in [0.2, 0.25) is 0 Å². The van der Waals surface area contributed by atoms with E-state index in [1.54, 1.807) is 11.6 Å². The third-order valence-electron chi connectivity index (χ3n) is 7.37. The van der Waals surface area contributed by atoms with Crippen molar-refractivity contribution in [2.45, 2.75) is 19.4 Å². The topological polar surface area (TPSA) is 105 Å². The Morgan fingerprint density at radius 2 is 1.52 bits per heavy atom. The number of benzene rings is 3. The van der Waals surface area contributed by atoms with E-state index in [0.717, 1.165) is 61.2 Å². The van der Waals surface area contributed by atoms with Crippen molar-refractivity contribution in [3.8, 4) is 0 Å². The van der Waals surface area contributed by atoms with E-state index in [2.05, 4.69) is 87.7 Å². The smallest absolute Gasteiger partial charge is 0.267 e. The second-order valence-electron chi connectivity index (χ2n) is 10.2. The molecule has 0 saturated carbocycles. The van der Waals surface area contributed by atoms with Crippen LogP contribution in [0.5, 0.6) is 0 Å². The average molecular weight is 564 g/mol. The number of fused-ring (bicyclic) bond motifs is 2. The van der Waals surface area contributed by atoms with E-state index >= 15 is 0 Å². The summed E-state index contributed by atoms with van der Waals surface area (Å²) in [5.41, 5.74) is 8.51. The normalized spacial score (nSPS) is 11.5. The molecule has 0 atom stereocenters. The van der Waals surface area contributed by atoms with Crippen molar-refractivity contribution >= 4 is 33.8 Å². The van der Waals surface area contributed by atoms with Crippen molar-refractivity contribution < 1.29 is 14.7 Å². The van der Waals surface area contributed by atoms with E-state index in [9.17, 15) is 4.79 Å². The molecule has 5 N–H and O–H groups in total. The minimum Gasteiger partial charge on any atom is -0.478 e. The summed E-state index contributed by atoms with van der Waals surface area (Å²) in [6.45, 7) is 7.69. The van der Waals surface area contributed by atoms with Gasteiger partial charge in [-0.1, -0.05) is 60.7 Å². The molecule has 8 heteroatoms. The highest BCUT2D eigenvalue weighted by molar-refractivity contribution is 5.90. The fraction of sp³-hybridized carbons (Fsp3) is 0.206. The first-order valence-corrected chi connectivity index (χ1v) is 14.2. The second-order valence-corrected chi connectivity index (χ2v) is 10.2. The van der Waals surface area contributed by atoms with Crippen molar-refractivity contribution in [1.82, 2.24) is 25.7 Å². The Kier molecular flexibility index (Phi) is 9.72. The number of aromatic amines is 2. The van der Waals surface area contributed by atoms with Crippen LogP contribution in [0.4, 0.5) is 0 Å². The van der Waals surface area contributed by atoms with Gasteiger partial charge in [0.1, 0.15) is 6.61 Å². The quantitative estimate of drug-likeness (QED) is 0.0498. The maximum absolute atomic E-state index is 11.3. The summed E-state index contributed by atoms with van der Waals surface area (Å²) in [7, 11) is 0. The summed E-state index contributed by atoms with van der Waals surface area (Å²) < 4.78 is 5.98. The van der Waals surface area contributed by atoms with E-state index in [1.165, 1.54) is 28.0 Å². The zero-order valence-electron chi connectivity index (χ0n) is 23.6. The number of amides is 1. The molecule has 5 rings (SSSR count). The van der Waals surface area contributed by atoms with Crippen LogP contribution >= 0.6 is 0 Å². The monoisotopic (exact) mass is 563 g/mol. The van der Waals surface area contributed by atoms with Crippen LogP contribution in [0.3, 0.4) is 0 Å². The Labute approximate surface area is 245 Å². The van der Waals surface area contributed by atoms with Gasteiger partial charge in [-0.2, -0.15) is 0 Å². The molecule has 0 aliphatic carbocycles. The van der Waals surface area contributed by atoms with Crippen LogP contribution in [0.2, 0.25) is 0 Å². The van der Waals surface area contributed by atoms with Crippen LogP contribution < -0.4 is 10.8 Å². The summed E-state index contributed by atoms with van der Waals surface area (Å²) in [4.78, 5) is 20.4. The molecule has 0 aliphatic heterocycles. The number of ether oxygens (including phenoxy) is 1. The Hall–Kier alpha value is -4.79. The van der Waals surface area contributed by atoms with Crippen LogP contribution in [-0.4, -0.2) is 52.2 Å². The van der Waals surface area contributed by atoms with Gasteiger partial charge in [0, 0.05) is 66.5 Å². The molecule has 0 spiro atoms. The third kappa shape index (κ3) is 7.69. The van der Waals surface area contributed by atoms with Gasteiger partial charge in [-0.15, -0.1) is 0 Å². The van der Waals surface area contributed by atoms with Crippen molar-refractivity contribution in [2.24, 2.45) is 0 Å². The van der Waals surface area contributed by atoms with Gasteiger partial charge in [0.05, 0.1) is 0 Å².